The molecule has 0 saturated heterocycles. The van der Waals surface area contributed by atoms with E-state index >= 15 is 0 Å². The third-order valence-corrected chi connectivity index (χ3v) is 19.8. The third-order valence-electron chi connectivity index (χ3n) is 19.8. The van der Waals surface area contributed by atoms with Crippen LogP contribution in [-0.2, 0) is 5.41 Å². The summed E-state index contributed by atoms with van der Waals surface area (Å²) in [7, 11) is 0. The van der Waals surface area contributed by atoms with Crippen LogP contribution in [0.1, 0.15) is 269 Å². The Morgan fingerprint density at radius 1 is 0.447 bits per heavy atom. The number of rotatable bonds is 14. The van der Waals surface area contributed by atoms with Gasteiger partial charge in [0.1, 0.15) is 46.0 Å². The summed E-state index contributed by atoms with van der Waals surface area (Å²) < 4.78 is 0. The summed E-state index contributed by atoms with van der Waals surface area (Å²) in [4.78, 5) is 0. The standard InChI is InChI=1S/C25H40O2.C17H26O2.2C17H24O2.CH4/c1-7-8-9-10-13-25(5,6)19-15-22(26)24(23(27)16-19)21-14-18(4)11-12-20(21)17(2)3;3*1-10(2)13-6-5-11(3)7-14(13)17-15(18)8-12(4)9-16(17)19;/h11,15-17,20-21,26-27H,7-10,12-14H2,1-6H3;8-11,13-14,18-19H,5-7H2,1-4H3;7-10,13-14,18-19H,5-6H2,1-4H3;5,8-10,13-14,18-19H,6-7H2,1-4H3;1H4/t;11-,13?,14?;;;/m.1.../s1. The Morgan fingerprint density at radius 2 is 0.824 bits per heavy atom. The summed E-state index contributed by atoms with van der Waals surface area (Å²) in [6.45, 7) is 38.9. The van der Waals surface area contributed by atoms with Crippen LogP contribution in [0.3, 0.4) is 0 Å². The Labute approximate surface area is 516 Å². The Morgan fingerprint density at radius 3 is 1.21 bits per heavy atom. The second-order valence-corrected chi connectivity index (χ2v) is 28.7. The van der Waals surface area contributed by atoms with Crippen LogP contribution < -0.4 is 0 Å². The fraction of sp³-hybridized carbons (Fsp3) is 0.610. The Kier molecular flexibility index (Phi) is 27.0. The molecule has 0 radical (unpaired) electrons. The molecule has 474 valence electrons. The normalized spacial score (nSPS) is 23.3. The third kappa shape index (κ3) is 19.0. The molecule has 0 aromatic heterocycles. The molecule has 4 aliphatic carbocycles. The average molecular weight is 1170 g/mol. The van der Waals surface area contributed by atoms with E-state index in [1.807, 2.05) is 32.9 Å². The minimum atomic E-state index is -0.0406. The highest BCUT2D eigenvalue weighted by atomic mass is 16.3. The smallest absolute Gasteiger partial charge is 0.123 e. The van der Waals surface area contributed by atoms with E-state index in [-0.39, 0.29) is 82.5 Å². The summed E-state index contributed by atoms with van der Waals surface area (Å²) in [5, 5.41) is 83.2. The Balaban J connectivity index is 0.000000245. The van der Waals surface area contributed by atoms with Crippen molar-refractivity contribution in [2.75, 3.05) is 0 Å². The topological polar surface area (TPSA) is 162 Å². The monoisotopic (exact) mass is 1170 g/mol. The quantitative estimate of drug-likeness (QED) is 0.0457. The van der Waals surface area contributed by atoms with Crippen molar-refractivity contribution in [1.29, 1.82) is 0 Å². The zero-order valence-corrected chi connectivity index (χ0v) is 55.3. The zero-order valence-electron chi connectivity index (χ0n) is 55.3. The molecule has 8 rings (SSSR count). The van der Waals surface area contributed by atoms with E-state index < -0.39 is 0 Å². The minimum Gasteiger partial charge on any atom is -0.508 e. The van der Waals surface area contributed by atoms with Crippen molar-refractivity contribution in [2.45, 2.75) is 251 Å². The van der Waals surface area contributed by atoms with Crippen LogP contribution in [0, 0.1) is 74.0 Å². The lowest BCUT2D eigenvalue weighted by Gasteiger charge is -2.38. The van der Waals surface area contributed by atoms with E-state index in [1.54, 1.807) is 36.4 Å². The molecule has 0 heterocycles. The first-order chi connectivity index (χ1) is 39.4. The molecule has 1 saturated carbocycles. The van der Waals surface area contributed by atoms with Gasteiger partial charge >= 0.3 is 0 Å². The van der Waals surface area contributed by atoms with Crippen molar-refractivity contribution in [3.8, 4) is 46.0 Å². The summed E-state index contributed by atoms with van der Waals surface area (Å²) >= 11 is 0. The highest BCUT2D eigenvalue weighted by Crippen LogP contribution is 2.53. The van der Waals surface area contributed by atoms with Crippen molar-refractivity contribution in [1.82, 2.24) is 0 Å². The van der Waals surface area contributed by atoms with Crippen molar-refractivity contribution in [3.05, 3.63) is 128 Å². The number of hydrogen-bond acceptors (Lipinski definition) is 8. The molecule has 0 bridgehead atoms. The molecule has 4 aromatic rings. The fourth-order valence-corrected chi connectivity index (χ4v) is 14.9. The number of benzene rings is 4. The van der Waals surface area contributed by atoms with Gasteiger partial charge in [-0.05, 0) is 247 Å². The molecule has 0 spiro atoms. The largest absolute Gasteiger partial charge is 0.508 e. The molecule has 0 amide bonds. The van der Waals surface area contributed by atoms with Crippen LogP contribution in [0.2, 0.25) is 0 Å². The van der Waals surface area contributed by atoms with Gasteiger partial charge in [0.2, 0.25) is 0 Å². The van der Waals surface area contributed by atoms with Crippen molar-refractivity contribution in [3.63, 3.8) is 0 Å². The number of aromatic hydroxyl groups is 8. The van der Waals surface area contributed by atoms with Crippen LogP contribution in [0.4, 0.5) is 0 Å². The van der Waals surface area contributed by atoms with E-state index in [0.717, 1.165) is 90.3 Å². The van der Waals surface area contributed by atoms with Gasteiger partial charge in [-0.3, -0.25) is 0 Å². The first-order valence-corrected chi connectivity index (χ1v) is 32.5. The average Bonchev–Trinajstić information content (AvgIpc) is 3.53. The number of aryl methyl sites for hydroxylation is 3. The number of hydrogen-bond donors (Lipinski definition) is 8. The van der Waals surface area contributed by atoms with Crippen molar-refractivity contribution in [2.24, 2.45) is 53.3 Å². The predicted octanol–water partition coefficient (Wildman–Crippen LogP) is 21.7. The van der Waals surface area contributed by atoms with Gasteiger partial charge in [0.25, 0.3) is 0 Å². The summed E-state index contributed by atoms with van der Waals surface area (Å²) in [6.07, 6.45) is 22.5. The van der Waals surface area contributed by atoms with Gasteiger partial charge in [0.15, 0.2) is 0 Å². The van der Waals surface area contributed by atoms with E-state index in [1.165, 1.54) is 55.2 Å². The Bertz CT molecular complexity index is 2780. The maximum absolute atomic E-state index is 10.9. The highest BCUT2D eigenvalue weighted by molar-refractivity contribution is 5.54. The lowest BCUT2D eigenvalue weighted by Crippen LogP contribution is -2.26. The first kappa shape index (κ1) is 72.0. The molecular weight excluding hydrogens is 1050 g/mol. The maximum atomic E-state index is 10.9. The molecule has 8 unspecified atom stereocenters. The molecular formula is C77H118O8. The second kappa shape index (κ2) is 31.9. The number of unbranched alkanes of at least 4 members (excludes halogenated alkanes) is 3. The van der Waals surface area contributed by atoms with E-state index in [0.29, 0.717) is 58.8 Å². The van der Waals surface area contributed by atoms with E-state index in [9.17, 15) is 40.9 Å². The molecule has 8 nitrogen and oxygen atoms in total. The molecule has 4 aromatic carbocycles. The van der Waals surface area contributed by atoms with Gasteiger partial charge in [0, 0.05) is 28.2 Å². The maximum Gasteiger partial charge on any atom is 0.123 e. The van der Waals surface area contributed by atoms with Gasteiger partial charge in [-0.1, -0.05) is 158 Å². The second-order valence-electron chi connectivity index (χ2n) is 28.7. The molecule has 4 aliphatic rings. The molecule has 8 N–H and O–H groups in total. The predicted molar refractivity (Wildman–Crippen MR) is 358 cm³/mol. The van der Waals surface area contributed by atoms with Crippen molar-refractivity contribution >= 4 is 0 Å². The van der Waals surface area contributed by atoms with E-state index in [2.05, 4.69) is 122 Å². The molecule has 0 aliphatic heterocycles. The van der Waals surface area contributed by atoms with Crippen LogP contribution >= 0.6 is 0 Å². The van der Waals surface area contributed by atoms with Gasteiger partial charge in [-0.15, -0.1) is 0 Å². The van der Waals surface area contributed by atoms with Crippen LogP contribution in [0.15, 0.2) is 83.5 Å². The van der Waals surface area contributed by atoms with Crippen LogP contribution in [0.5, 0.6) is 46.0 Å². The fourth-order valence-electron chi connectivity index (χ4n) is 14.9. The summed E-state index contributed by atoms with van der Waals surface area (Å²) in [5.74, 6) is 7.61. The number of allylic oxidation sites excluding steroid dienone is 6. The molecule has 9 atom stereocenters. The van der Waals surface area contributed by atoms with Gasteiger partial charge < -0.3 is 40.9 Å². The summed E-state index contributed by atoms with van der Waals surface area (Å²) in [5.41, 5.74) is 10.7. The first-order valence-electron chi connectivity index (χ1n) is 32.5. The Hall–Kier alpha value is -5.50. The minimum absolute atomic E-state index is 0. The van der Waals surface area contributed by atoms with Crippen molar-refractivity contribution < 1.29 is 40.9 Å². The summed E-state index contributed by atoms with van der Waals surface area (Å²) in [6, 6.07) is 14.4. The molecule has 85 heavy (non-hydrogen) atoms. The lowest BCUT2D eigenvalue weighted by atomic mass is 9.67. The van der Waals surface area contributed by atoms with Crippen LogP contribution in [-0.4, -0.2) is 40.9 Å². The number of phenols is 8. The SMILES string of the molecule is C.CC1=CC(c2c(O)cc(C)cc2O)C(C(C)C)CC1.CC1=CCC(C(C)C)C(c2c(O)cc(C)cc2O)C1.CCCCCCC(C)(C)c1cc(O)c(C2CC(C)=CCC2C(C)C)c(O)c1.Cc1cc(O)c(C2C[C@H](C)CCC2C(C)C)c(O)c1. The number of phenolic OH excluding ortho intramolecular Hbond substituents is 8. The van der Waals surface area contributed by atoms with Gasteiger partial charge in [-0.2, -0.15) is 0 Å². The van der Waals surface area contributed by atoms with Gasteiger partial charge in [0.05, 0.1) is 0 Å². The lowest BCUT2D eigenvalue weighted by molar-refractivity contribution is 0.192. The zero-order chi connectivity index (χ0) is 62.7. The van der Waals surface area contributed by atoms with Gasteiger partial charge in [-0.25, -0.2) is 0 Å². The molecule has 8 heteroatoms. The molecule has 1 fully saturated rings. The van der Waals surface area contributed by atoms with E-state index in [4.69, 9.17) is 0 Å². The highest BCUT2D eigenvalue weighted by Gasteiger charge is 2.37. The van der Waals surface area contributed by atoms with Crippen LogP contribution in [0.25, 0.3) is 0 Å².